The highest BCUT2D eigenvalue weighted by molar-refractivity contribution is 5.69. The summed E-state index contributed by atoms with van der Waals surface area (Å²) in [4.78, 5) is 13.9. The monoisotopic (exact) mass is 291 g/mol. The molecule has 0 bridgehead atoms. The summed E-state index contributed by atoms with van der Waals surface area (Å²) < 4.78 is 5.18. The van der Waals surface area contributed by atoms with E-state index in [-0.39, 0.29) is 18.6 Å². The van der Waals surface area contributed by atoms with E-state index in [1.807, 2.05) is 12.1 Å². The van der Waals surface area contributed by atoms with Crippen LogP contribution in [0.2, 0.25) is 0 Å². The van der Waals surface area contributed by atoms with Crippen molar-refractivity contribution in [3.63, 3.8) is 0 Å². The number of carbonyl (C=O) groups is 1. The van der Waals surface area contributed by atoms with Gasteiger partial charge in [-0.15, -0.1) is 0 Å². The molecule has 1 aromatic rings. The Balaban J connectivity index is 1.88. The van der Waals surface area contributed by atoms with Crippen LogP contribution in [0.5, 0.6) is 0 Å². The molecule has 1 atom stereocenters. The molecule has 0 fully saturated rings. The Bertz CT molecular complexity index is 461. The minimum atomic E-state index is -0.140. The molecule has 4 nitrogen and oxygen atoms in total. The number of carbonyl (C=O) groups excluding carboxylic acids is 1. The van der Waals surface area contributed by atoms with Crippen LogP contribution in [0.1, 0.15) is 43.4 Å². The molecule has 0 aliphatic carbocycles. The van der Waals surface area contributed by atoms with Gasteiger partial charge in [0.25, 0.3) is 0 Å². The lowest BCUT2D eigenvalue weighted by molar-refractivity contribution is -0.144. The van der Waals surface area contributed by atoms with Crippen molar-refractivity contribution in [1.82, 2.24) is 4.90 Å². The number of aliphatic hydroxyl groups excluding tert-OH is 1. The van der Waals surface area contributed by atoms with E-state index in [1.54, 1.807) is 0 Å². The molecule has 0 spiro atoms. The number of aliphatic hydroxyl groups is 1. The number of nitrogens with zero attached hydrogens (tertiary/aromatic N) is 1. The van der Waals surface area contributed by atoms with Crippen molar-refractivity contribution < 1.29 is 14.6 Å². The molecule has 116 valence electrons. The second-order valence-electron chi connectivity index (χ2n) is 5.51. The summed E-state index contributed by atoms with van der Waals surface area (Å²) in [6, 6.07) is 8.23. The van der Waals surface area contributed by atoms with E-state index in [2.05, 4.69) is 24.0 Å². The van der Waals surface area contributed by atoms with Crippen molar-refractivity contribution in [2.75, 3.05) is 26.3 Å². The number of unbranched alkanes of at least 4 members (excludes halogenated alkanes) is 1. The Morgan fingerprint density at radius 2 is 2.24 bits per heavy atom. The second-order valence-corrected chi connectivity index (χ2v) is 5.51. The van der Waals surface area contributed by atoms with Gasteiger partial charge in [0, 0.05) is 13.1 Å². The second kappa shape index (κ2) is 8.15. The van der Waals surface area contributed by atoms with Gasteiger partial charge in [-0.3, -0.25) is 9.69 Å². The Kier molecular flexibility index (Phi) is 6.21. The van der Waals surface area contributed by atoms with Crippen LogP contribution >= 0.6 is 0 Å². The predicted molar refractivity (Wildman–Crippen MR) is 82.0 cm³/mol. The summed E-state index contributed by atoms with van der Waals surface area (Å²) in [6.45, 7) is 4.20. The van der Waals surface area contributed by atoms with Crippen molar-refractivity contribution >= 4 is 5.97 Å². The Morgan fingerprint density at radius 1 is 1.43 bits per heavy atom. The van der Waals surface area contributed by atoms with Crippen LogP contribution in [0.3, 0.4) is 0 Å². The Labute approximate surface area is 126 Å². The molecule has 0 amide bonds. The lowest BCUT2D eigenvalue weighted by Gasteiger charge is -2.36. The largest absolute Gasteiger partial charge is 0.466 e. The van der Waals surface area contributed by atoms with E-state index in [4.69, 9.17) is 4.74 Å². The van der Waals surface area contributed by atoms with Gasteiger partial charge in [0.2, 0.25) is 0 Å². The van der Waals surface area contributed by atoms with Gasteiger partial charge >= 0.3 is 5.97 Å². The van der Waals surface area contributed by atoms with Gasteiger partial charge in [-0.05, 0) is 24.0 Å². The molecule has 1 heterocycles. The van der Waals surface area contributed by atoms with Crippen LogP contribution in [0.15, 0.2) is 24.3 Å². The molecular weight excluding hydrogens is 266 g/mol. The van der Waals surface area contributed by atoms with E-state index in [0.717, 1.165) is 25.8 Å². The highest BCUT2D eigenvalue weighted by atomic mass is 16.5. The van der Waals surface area contributed by atoms with Crippen LogP contribution in [0, 0.1) is 0 Å². The summed E-state index contributed by atoms with van der Waals surface area (Å²) >= 11 is 0. The highest BCUT2D eigenvalue weighted by Gasteiger charge is 2.26. The summed E-state index contributed by atoms with van der Waals surface area (Å²) in [7, 11) is 0. The number of rotatable bonds is 7. The summed E-state index contributed by atoms with van der Waals surface area (Å²) in [5, 5.41) is 9.69. The van der Waals surface area contributed by atoms with Gasteiger partial charge in [-0.2, -0.15) is 0 Å². The SMILES string of the molecule is CCCCOC(=O)CCN1CCc2ccccc2C1CO. The van der Waals surface area contributed by atoms with Crippen LogP contribution in [0.4, 0.5) is 0 Å². The van der Waals surface area contributed by atoms with Gasteiger partial charge in [0.15, 0.2) is 0 Å². The number of hydrogen-bond donors (Lipinski definition) is 1. The molecular formula is C17H25NO3. The third-order valence-corrected chi connectivity index (χ3v) is 4.06. The molecule has 1 aliphatic heterocycles. The van der Waals surface area contributed by atoms with Crippen molar-refractivity contribution in [3.8, 4) is 0 Å². The number of ether oxygens (including phenoxy) is 1. The van der Waals surface area contributed by atoms with Crippen LogP contribution in [0.25, 0.3) is 0 Å². The minimum Gasteiger partial charge on any atom is -0.466 e. The first-order chi connectivity index (χ1) is 10.3. The summed E-state index contributed by atoms with van der Waals surface area (Å²) in [5.41, 5.74) is 2.49. The first-order valence-electron chi connectivity index (χ1n) is 7.84. The van der Waals surface area contributed by atoms with E-state index >= 15 is 0 Å². The maximum Gasteiger partial charge on any atom is 0.307 e. The molecule has 0 saturated carbocycles. The zero-order chi connectivity index (χ0) is 15.1. The average molecular weight is 291 g/mol. The zero-order valence-electron chi connectivity index (χ0n) is 12.8. The Hall–Kier alpha value is -1.39. The maximum atomic E-state index is 11.7. The van der Waals surface area contributed by atoms with Gasteiger partial charge in [-0.1, -0.05) is 37.6 Å². The van der Waals surface area contributed by atoms with Crippen molar-refractivity contribution in [2.24, 2.45) is 0 Å². The molecule has 0 aromatic heterocycles. The molecule has 2 rings (SSSR count). The lowest BCUT2D eigenvalue weighted by Crippen LogP contribution is -2.38. The van der Waals surface area contributed by atoms with Crippen LogP contribution in [-0.2, 0) is 16.0 Å². The quantitative estimate of drug-likeness (QED) is 0.619. The van der Waals surface area contributed by atoms with Gasteiger partial charge < -0.3 is 9.84 Å². The summed E-state index contributed by atoms with van der Waals surface area (Å²) in [5.74, 6) is -0.140. The molecule has 21 heavy (non-hydrogen) atoms. The third kappa shape index (κ3) is 4.29. The molecule has 1 aromatic carbocycles. The fourth-order valence-electron chi connectivity index (χ4n) is 2.82. The van der Waals surface area contributed by atoms with Gasteiger partial charge in [0.05, 0.1) is 25.7 Å². The third-order valence-electron chi connectivity index (χ3n) is 4.06. The molecule has 1 N–H and O–H groups in total. The fraction of sp³-hybridized carbons (Fsp3) is 0.588. The first kappa shape index (κ1) is 16.0. The number of esters is 1. The van der Waals surface area contributed by atoms with E-state index in [9.17, 15) is 9.90 Å². The van der Waals surface area contributed by atoms with Crippen molar-refractivity contribution in [3.05, 3.63) is 35.4 Å². The predicted octanol–water partition coefficient (Wildman–Crippen LogP) is 2.31. The minimum absolute atomic E-state index is 0.00149. The molecule has 0 saturated heterocycles. The fourth-order valence-corrected chi connectivity index (χ4v) is 2.82. The highest BCUT2D eigenvalue weighted by Crippen LogP contribution is 2.29. The van der Waals surface area contributed by atoms with Gasteiger partial charge in [-0.25, -0.2) is 0 Å². The normalized spacial score (nSPS) is 18.3. The van der Waals surface area contributed by atoms with Gasteiger partial charge in [0.1, 0.15) is 0 Å². The standard InChI is InChI=1S/C17H25NO3/c1-2-3-12-21-17(20)9-11-18-10-8-14-6-4-5-7-15(14)16(18)13-19/h4-7,16,19H,2-3,8-13H2,1H3. The first-order valence-corrected chi connectivity index (χ1v) is 7.84. The lowest BCUT2D eigenvalue weighted by atomic mass is 9.93. The van der Waals surface area contributed by atoms with Crippen LogP contribution < -0.4 is 0 Å². The topological polar surface area (TPSA) is 49.8 Å². The number of benzene rings is 1. The zero-order valence-corrected chi connectivity index (χ0v) is 12.8. The van der Waals surface area contributed by atoms with E-state index in [0.29, 0.717) is 19.6 Å². The number of fused-ring (bicyclic) bond motifs is 1. The number of hydrogen-bond acceptors (Lipinski definition) is 4. The molecule has 4 heteroatoms. The maximum absolute atomic E-state index is 11.7. The average Bonchev–Trinajstić information content (AvgIpc) is 2.52. The Morgan fingerprint density at radius 3 is 3.00 bits per heavy atom. The van der Waals surface area contributed by atoms with Crippen molar-refractivity contribution in [1.29, 1.82) is 0 Å². The van der Waals surface area contributed by atoms with E-state index in [1.165, 1.54) is 11.1 Å². The molecule has 0 radical (unpaired) electrons. The molecule has 1 aliphatic rings. The van der Waals surface area contributed by atoms with Crippen molar-refractivity contribution in [2.45, 2.75) is 38.6 Å². The molecule has 1 unspecified atom stereocenters. The smallest absolute Gasteiger partial charge is 0.307 e. The van der Waals surface area contributed by atoms with Crippen LogP contribution in [-0.4, -0.2) is 42.3 Å². The van der Waals surface area contributed by atoms with E-state index < -0.39 is 0 Å². The summed E-state index contributed by atoms with van der Waals surface area (Å²) in [6.07, 6.45) is 3.31.